The Morgan fingerprint density at radius 1 is 1.24 bits per heavy atom. The van der Waals surface area contributed by atoms with Crippen LogP contribution in [0.3, 0.4) is 0 Å². The van der Waals surface area contributed by atoms with Crippen molar-refractivity contribution in [3.05, 3.63) is 30.0 Å². The molecule has 1 amide bonds. The minimum Gasteiger partial charge on any atom is -0.454 e. The maximum absolute atomic E-state index is 12.6. The first-order valence-corrected chi connectivity index (χ1v) is 8.39. The molecular formula is C18H21N3O4. The molecule has 2 aromatic rings. The van der Waals surface area contributed by atoms with Crippen molar-refractivity contribution in [1.29, 1.82) is 0 Å². The van der Waals surface area contributed by atoms with Gasteiger partial charge in [-0.3, -0.25) is 4.79 Å². The Bertz CT molecular complexity index is 795. The molecule has 1 aliphatic carbocycles. The molecule has 1 aromatic carbocycles. The summed E-state index contributed by atoms with van der Waals surface area (Å²) in [5.74, 6) is 2.07. The van der Waals surface area contributed by atoms with Crippen LogP contribution in [0.2, 0.25) is 0 Å². The van der Waals surface area contributed by atoms with E-state index in [1.54, 1.807) is 0 Å². The lowest BCUT2D eigenvalue weighted by atomic mass is 10.0. The third-order valence-corrected chi connectivity index (χ3v) is 4.69. The van der Waals surface area contributed by atoms with Crippen molar-refractivity contribution in [3.8, 4) is 22.8 Å². The molecule has 1 aromatic heterocycles. The Morgan fingerprint density at radius 3 is 2.80 bits per heavy atom. The number of ether oxygens (including phenoxy) is 2. The van der Waals surface area contributed by atoms with Crippen molar-refractivity contribution in [1.82, 2.24) is 15.4 Å². The summed E-state index contributed by atoms with van der Waals surface area (Å²) in [7, 11) is 3.96. The minimum atomic E-state index is -0.537. The normalized spacial score (nSPS) is 16.9. The summed E-state index contributed by atoms with van der Waals surface area (Å²) in [5, 5.41) is 7.17. The lowest BCUT2D eigenvalue weighted by molar-refractivity contribution is -0.123. The van der Waals surface area contributed by atoms with Crippen LogP contribution in [-0.2, 0) is 10.2 Å². The number of aromatic nitrogens is 1. The molecule has 1 fully saturated rings. The van der Waals surface area contributed by atoms with Crippen LogP contribution in [0, 0.1) is 0 Å². The smallest absolute Gasteiger partial charge is 0.232 e. The van der Waals surface area contributed by atoms with Gasteiger partial charge in [-0.15, -0.1) is 0 Å². The molecule has 1 N–H and O–H groups in total. The van der Waals surface area contributed by atoms with Crippen molar-refractivity contribution >= 4 is 5.91 Å². The molecule has 0 saturated heterocycles. The van der Waals surface area contributed by atoms with E-state index in [9.17, 15) is 4.79 Å². The van der Waals surface area contributed by atoms with Crippen LogP contribution in [0.4, 0.5) is 0 Å². The molecule has 0 spiro atoms. The van der Waals surface area contributed by atoms with Gasteiger partial charge in [0, 0.05) is 24.7 Å². The average molecular weight is 343 g/mol. The third-order valence-electron chi connectivity index (χ3n) is 4.69. The van der Waals surface area contributed by atoms with Crippen LogP contribution in [0.5, 0.6) is 11.5 Å². The minimum absolute atomic E-state index is 0.0277. The van der Waals surface area contributed by atoms with E-state index < -0.39 is 5.41 Å². The SMILES string of the molecule is CN(C)CCNC(=O)C1(c2cc(-c3ccc4c(c3)OCO4)on2)CC1. The number of hydrogen-bond donors (Lipinski definition) is 1. The zero-order chi connectivity index (χ0) is 17.4. The molecule has 2 heterocycles. The van der Waals surface area contributed by atoms with E-state index in [1.807, 2.05) is 43.3 Å². The number of rotatable bonds is 6. The molecule has 0 atom stereocenters. The molecule has 1 aliphatic heterocycles. The highest BCUT2D eigenvalue weighted by molar-refractivity contribution is 5.91. The van der Waals surface area contributed by atoms with Gasteiger partial charge in [0.15, 0.2) is 17.3 Å². The Morgan fingerprint density at radius 2 is 2.04 bits per heavy atom. The Balaban J connectivity index is 1.50. The van der Waals surface area contributed by atoms with Gasteiger partial charge in [0.25, 0.3) is 0 Å². The highest BCUT2D eigenvalue weighted by Gasteiger charge is 2.53. The molecule has 0 unspecified atom stereocenters. The second-order valence-electron chi connectivity index (χ2n) is 6.79. The molecule has 0 radical (unpaired) electrons. The first-order chi connectivity index (χ1) is 12.1. The number of carbonyl (C=O) groups excluding carboxylic acids is 1. The Kier molecular flexibility index (Phi) is 3.88. The van der Waals surface area contributed by atoms with E-state index in [-0.39, 0.29) is 12.7 Å². The number of nitrogens with one attached hydrogen (secondary N) is 1. The van der Waals surface area contributed by atoms with Gasteiger partial charge in [0.05, 0.1) is 11.1 Å². The fourth-order valence-corrected chi connectivity index (χ4v) is 2.97. The lowest BCUT2D eigenvalue weighted by Gasteiger charge is -2.14. The molecule has 25 heavy (non-hydrogen) atoms. The van der Waals surface area contributed by atoms with E-state index in [2.05, 4.69) is 10.5 Å². The van der Waals surface area contributed by atoms with Crippen LogP contribution in [0.15, 0.2) is 28.8 Å². The van der Waals surface area contributed by atoms with Gasteiger partial charge in [-0.2, -0.15) is 0 Å². The van der Waals surface area contributed by atoms with Crippen molar-refractivity contribution in [2.24, 2.45) is 0 Å². The Hall–Kier alpha value is -2.54. The largest absolute Gasteiger partial charge is 0.454 e. The van der Waals surface area contributed by atoms with Crippen molar-refractivity contribution in [2.75, 3.05) is 34.0 Å². The first-order valence-electron chi connectivity index (χ1n) is 8.39. The number of benzene rings is 1. The fraction of sp³-hybridized carbons (Fsp3) is 0.444. The second-order valence-corrected chi connectivity index (χ2v) is 6.79. The van der Waals surface area contributed by atoms with Gasteiger partial charge in [0.2, 0.25) is 12.7 Å². The average Bonchev–Trinajstić information content (AvgIpc) is 3.05. The fourth-order valence-electron chi connectivity index (χ4n) is 2.97. The van der Waals surface area contributed by atoms with E-state index in [0.717, 1.165) is 30.7 Å². The second kappa shape index (κ2) is 6.07. The quantitative estimate of drug-likeness (QED) is 0.862. The van der Waals surface area contributed by atoms with E-state index >= 15 is 0 Å². The highest BCUT2D eigenvalue weighted by atomic mass is 16.7. The highest BCUT2D eigenvalue weighted by Crippen LogP contribution is 2.48. The van der Waals surface area contributed by atoms with E-state index in [0.29, 0.717) is 23.7 Å². The Labute approximate surface area is 145 Å². The number of likely N-dealkylation sites (N-methyl/N-ethyl adjacent to an activating group) is 1. The van der Waals surface area contributed by atoms with Crippen molar-refractivity contribution in [3.63, 3.8) is 0 Å². The maximum atomic E-state index is 12.6. The van der Waals surface area contributed by atoms with Gasteiger partial charge in [-0.1, -0.05) is 5.16 Å². The molecule has 1 saturated carbocycles. The summed E-state index contributed by atoms with van der Waals surface area (Å²) in [6.45, 7) is 1.67. The number of nitrogens with zero attached hydrogens (tertiary/aromatic N) is 2. The van der Waals surface area contributed by atoms with Gasteiger partial charge in [-0.25, -0.2) is 0 Å². The summed E-state index contributed by atoms with van der Waals surface area (Å²) in [6.07, 6.45) is 1.60. The standard InChI is InChI=1S/C18H21N3O4/c1-21(2)8-7-19-17(22)18(5-6-18)16-10-14(25-20-16)12-3-4-13-15(9-12)24-11-23-13/h3-4,9-10H,5-8,11H2,1-2H3,(H,19,22). The van der Waals surface area contributed by atoms with Gasteiger partial charge in [0.1, 0.15) is 0 Å². The molecule has 0 bridgehead atoms. The zero-order valence-electron chi connectivity index (χ0n) is 14.4. The van der Waals surface area contributed by atoms with Gasteiger partial charge >= 0.3 is 0 Å². The summed E-state index contributed by atoms with van der Waals surface area (Å²) in [5.41, 5.74) is 1.01. The number of hydrogen-bond acceptors (Lipinski definition) is 6. The van der Waals surface area contributed by atoms with E-state index in [1.165, 1.54) is 0 Å². The predicted molar refractivity (Wildman–Crippen MR) is 90.5 cm³/mol. The molecule has 7 heteroatoms. The molecular weight excluding hydrogens is 322 g/mol. The molecule has 2 aliphatic rings. The van der Waals surface area contributed by atoms with Crippen LogP contribution in [0.1, 0.15) is 18.5 Å². The van der Waals surface area contributed by atoms with Crippen molar-refractivity contribution < 1.29 is 18.8 Å². The molecule has 7 nitrogen and oxygen atoms in total. The summed E-state index contributed by atoms with van der Waals surface area (Å²) < 4.78 is 16.2. The van der Waals surface area contributed by atoms with Crippen molar-refractivity contribution in [2.45, 2.75) is 18.3 Å². The summed E-state index contributed by atoms with van der Waals surface area (Å²) >= 11 is 0. The number of carbonyl (C=O) groups is 1. The molecule has 132 valence electrons. The van der Waals surface area contributed by atoms with Crippen LogP contribution in [0.25, 0.3) is 11.3 Å². The predicted octanol–water partition coefficient (Wildman–Crippen LogP) is 1.78. The van der Waals surface area contributed by atoms with Crippen LogP contribution >= 0.6 is 0 Å². The third kappa shape index (κ3) is 2.95. The van der Waals surface area contributed by atoms with Crippen LogP contribution < -0.4 is 14.8 Å². The van der Waals surface area contributed by atoms with Gasteiger partial charge in [-0.05, 0) is 45.1 Å². The topological polar surface area (TPSA) is 76.8 Å². The van der Waals surface area contributed by atoms with Gasteiger partial charge < -0.3 is 24.2 Å². The lowest BCUT2D eigenvalue weighted by Crippen LogP contribution is -2.38. The number of amides is 1. The molecule has 4 rings (SSSR count). The first kappa shape index (κ1) is 16.0. The van der Waals surface area contributed by atoms with E-state index in [4.69, 9.17) is 14.0 Å². The maximum Gasteiger partial charge on any atom is 0.232 e. The summed E-state index contributed by atoms with van der Waals surface area (Å²) in [4.78, 5) is 14.6. The van der Waals surface area contributed by atoms with Crippen LogP contribution in [-0.4, -0.2) is 49.9 Å². The number of fused-ring (bicyclic) bond motifs is 1. The monoisotopic (exact) mass is 343 g/mol. The zero-order valence-corrected chi connectivity index (χ0v) is 14.4. The summed E-state index contributed by atoms with van der Waals surface area (Å²) in [6, 6.07) is 7.47.